The summed E-state index contributed by atoms with van der Waals surface area (Å²) in [5, 5.41) is 20.6. The van der Waals surface area contributed by atoms with Crippen LogP contribution in [-0.2, 0) is 4.79 Å². The second-order valence-corrected chi connectivity index (χ2v) is 6.58. The molecular weight excluding hydrogens is 366 g/mol. The van der Waals surface area contributed by atoms with Crippen molar-refractivity contribution in [2.75, 3.05) is 6.54 Å². The Morgan fingerprint density at radius 3 is 2.44 bits per heavy atom. The Hall–Kier alpha value is -3.39. The molecule has 1 saturated heterocycles. The first-order valence-electron chi connectivity index (χ1n) is 7.92. The Kier molecular flexibility index (Phi) is 5.37. The number of thioether (sulfide) groups is 1. The average molecular weight is 381 g/mol. The van der Waals surface area contributed by atoms with Crippen molar-refractivity contribution < 1.29 is 14.8 Å². The smallest absolute Gasteiger partial charge is 0.269 e. The summed E-state index contributed by atoms with van der Waals surface area (Å²) in [5.41, 5.74) is 1.28. The minimum Gasteiger partial charge on any atom is -0.508 e. The number of amides is 1. The van der Waals surface area contributed by atoms with Crippen LogP contribution in [0.1, 0.15) is 5.56 Å². The molecule has 0 aromatic heterocycles. The molecule has 2 aromatic rings. The fourth-order valence-electron chi connectivity index (χ4n) is 2.36. The third-order valence-corrected chi connectivity index (χ3v) is 4.68. The molecule has 27 heavy (non-hydrogen) atoms. The number of nitro benzene ring substituents is 1. The van der Waals surface area contributed by atoms with Crippen molar-refractivity contribution in [3.8, 4) is 5.75 Å². The van der Waals surface area contributed by atoms with E-state index in [1.807, 2.05) is 0 Å². The molecule has 1 fully saturated rings. The molecule has 1 aliphatic rings. The SMILES string of the molecule is C=CCN1C(=O)C(=Cc2ccc([N+](=O)[O-])cc2)SC1=Nc1ccc(O)cc1. The molecule has 8 heteroatoms. The summed E-state index contributed by atoms with van der Waals surface area (Å²) in [6.45, 7) is 3.98. The van der Waals surface area contributed by atoms with Gasteiger partial charge in [0.1, 0.15) is 5.75 Å². The number of rotatable bonds is 5. The molecule has 0 radical (unpaired) electrons. The molecule has 1 heterocycles. The monoisotopic (exact) mass is 381 g/mol. The number of non-ortho nitro benzene ring substituents is 1. The Balaban J connectivity index is 1.91. The number of amidine groups is 1. The summed E-state index contributed by atoms with van der Waals surface area (Å²) >= 11 is 1.21. The molecule has 0 saturated carbocycles. The number of phenolic OH excluding ortho intramolecular Hbond substituents is 1. The second-order valence-electron chi connectivity index (χ2n) is 5.57. The highest BCUT2D eigenvalue weighted by atomic mass is 32.2. The minimum absolute atomic E-state index is 0.00887. The van der Waals surface area contributed by atoms with E-state index in [1.165, 1.54) is 40.9 Å². The standard InChI is InChI=1S/C19H15N3O4S/c1-2-11-21-18(24)17(12-13-3-7-15(8-4-13)22(25)26)27-19(21)20-14-5-9-16(23)10-6-14/h2-10,12,23H,1,11H2. The first-order chi connectivity index (χ1) is 13.0. The number of carbonyl (C=O) groups excluding carboxylic acids is 1. The number of aromatic hydroxyl groups is 1. The van der Waals surface area contributed by atoms with Crippen LogP contribution in [0.25, 0.3) is 6.08 Å². The first-order valence-corrected chi connectivity index (χ1v) is 8.74. The van der Waals surface area contributed by atoms with Crippen LogP contribution in [0.15, 0.2) is 71.1 Å². The number of aliphatic imine (C=N–C) groups is 1. The van der Waals surface area contributed by atoms with E-state index >= 15 is 0 Å². The summed E-state index contributed by atoms with van der Waals surface area (Å²) in [6.07, 6.45) is 3.28. The lowest BCUT2D eigenvalue weighted by atomic mass is 10.2. The van der Waals surface area contributed by atoms with E-state index in [9.17, 15) is 20.0 Å². The maximum atomic E-state index is 12.7. The maximum absolute atomic E-state index is 12.7. The van der Waals surface area contributed by atoms with E-state index in [4.69, 9.17) is 0 Å². The summed E-state index contributed by atoms with van der Waals surface area (Å²) in [4.78, 5) is 29.4. The molecule has 0 atom stereocenters. The van der Waals surface area contributed by atoms with Gasteiger partial charge in [-0.1, -0.05) is 6.08 Å². The summed E-state index contributed by atoms with van der Waals surface area (Å²) in [7, 11) is 0. The van der Waals surface area contributed by atoms with Gasteiger partial charge in [0.15, 0.2) is 5.17 Å². The zero-order valence-corrected chi connectivity index (χ0v) is 14.9. The van der Waals surface area contributed by atoms with Crippen molar-refractivity contribution in [3.05, 3.63) is 81.8 Å². The number of phenols is 1. The lowest BCUT2D eigenvalue weighted by Crippen LogP contribution is -2.29. The Labute approximate surface area is 159 Å². The zero-order valence-electron chi connectivity index (χ0n) is 14.1. The Morgan fingerprint density at radius 1 is 1.19 bits per heavy atom. The van der Waals surface area contributed by atoms with Crippen LogP contribution < -0.4 is 0 Å². The average Bonchev–Trinajstić information content (AvgIpc) is 2.93. The molecule has 136 valence electrons. The molecule has 1 amide bonds. The minimum atomic E-state index is -0.472. The van der Waals surface area contributed by atoms with E-state index in [2.05, 4.69) is 11.6 Å². The van der Waals surface area contributed by atoms with Crippen molar-refractivity contribution in [1.82, 2.24) is 4.90 Å². The number of benzene rings is 2. The van der Waals surface area contributed by atoms with Crippen LogP contribution in [0.3, 0.4) is 0 Å². The first kappa shape index (κ1) is 18.4. The van der Waals surface area contributed by atoms with Crippen molar-refractivity contribution >= 4 is 40.3 Å². The van der Waals surface area contributed by atoms with Gasteiger partial charge < -0.3 is 5.11 Å². The predicted octanol–water partition coefficient (Wildman–Crippen LogP) is 4.09. The molecule has 7 nitrogen and oxygen atoms in total. The highest BCUT2D eigenvalue weighted by molar-refractivity contribution is 8.18. The van der Waals surface area contributed by atoms with Crippen LogP contribution in [0.4, 0.5) is 11.4 Å². The molecule has 0 spiro atoms. The van der Waals surface area contributed by atoms with E-state index < -0.39 is 4.92 Å². The lowest BCUT2D eigenvalue weighted by molar-refractivity contribution is -0.384. The number of hydrogen-bond acceptors (Lipinski definition) is 6. The molecule has 2 aromatic carbocycles. The van der Waals surface area contributed by atoms with Gasteiger partial charge in [0, 0.05) is 18.7 Å². The van der Waals surface area contributed by atoms with Crippen LogP contribution in [0, 0.1) is 10.1 Å². The Morgan fingerprint density at radius 2 is 1.85 bits per heavy atom. The van der Waals surface area contributed by atoms with Crippen LogP contribution >= 0.6 is 11.8 Å². The second kappa shape index (κ2) is 7.88. The molecule has 0 unspecified atom stereocenters. The molecular formula is C19H15N3O4S. The van der Waals surface area contributed by atoms with Crippen LogP contribution in [0.2, 0.25) is 0 Å². The van der Waals surface area contributed by atoms with E-state index in [0.717, 1.165) is 0 Å². The third kappa shape index (κ3) is 4.24. The van der Waals surface area contributed by atoms with E-state index in [0.29, 0.717) is 27.9 Å². The number of nitrogens with zero attached hydrogens (tertiary/aromatic N) is 3. The normalized spacial score (nSPS) is 16.9. The van der Waals surface area contributed by atoms with Gasteiger partial charge in [-0.15, -0.1) is 6.58 Å². The third-order valence-electron chi connectivity index (χ3n) is 3.68. The highest BCUT2D eigenvalue weighted by Crippen LogP contribution is 2.34. The van der Waals surface area contributed by atoms with Gasteiger partial charge >= 0.3 is 0 Å². The molecule has 1 N–H and O–H groups in total. The molecule has 0 bridgehead atoms. The summed E-state index contributed by atoms with van der Waals surface area (Å²) in [6, 6.07) is 12.3. The topological polar surface area (TPSA) is 96.0 Å². The quantitative estimate of drug-likeness (QED) is 0.364. The fourth-order valence-corrected chi connectivity index (χ4v) is 3.37. The number of nitro groups is 1. The van der Waals surface area contributed by atoms with Gasteiger partial charge in [-0.3, -0.25) is 19.8 Å². The molecule has 0 aliphatic carbocycles. The van der Waals surface area contributed by atoms with Crippen molar-refractivity contribution in [3.63, 3.8) is 0 Å². The van der Waals surface area contributed by atoms with Gasteiger partial charge in [0.2, 0.25) is 0 Å². The number of hydrogen-bond donors (Lipinski definition) is 1. The fraction of sp³-hybridized carbons (Fsp3) is 0.0526. The van der Waals surface area contributed by atoms with Gasteiger partial charge in [0.05, 0.1) is 15.5 Å². The van der Waals surface area contributed by atoms with Crippen molar-refractivity contribution in [2.45, 2.75) is 0 Å². The van der Waals surface area contributed by atoms with Crippen LogP contribution in [-0.4, -0.2) is 32.5 Å². The summed E-state index contributed by atoms with van der Waals surface area (Å²) in [5.74, 6) is -0.0772. The lowest BCUT2D eigenvalue weighted by Gasteiger charge is -2.12. The van der Waals surface area contributed by atoms with E-state index in [-0.39, 0.29) is 17.3 Å². The van der Waals surface area contributed by atoms with Gasteiger partial charge in [-0.2, -0.15) is 0 Å². The highest BCUT2D eigenvalue weighted by Gasteiger charge is 2.32. The largest absolute Gasteiger partial charge is 0.508 e. The van der Waals surface area contributed by atoms with Gasteiger partial charge in [0.25, 0.3) is 11.6 Å². The number of carbonyl (C=O) groups is 1. The van der Waals surface area contributed by atoms with Crippen molar-refractivity contribution in [1.29, 1.82) is 0 Å². The van der Waals surface area contributed by atoms with Gasteiger partial charge in [-0.25, -0.2) is 4.99 Å². The molecule has 3 rings (SSSR count). The van der Waals surface area contributed by atoms with Crippen LogP contribution in [0.5, 0.6) is 5.75 Å². The predicted molar refractivity (Wildman–Crippen MR) is 106 cm³/mol. The van der Waals surface area contributed by atoms with Crippen molar-refractivity contribution in [2.24, 2.45) is 4.99 Å². The Bertz CT molecular complexity index is 950. The van der Waals surface area contributed by atoms with E-state index in [1.54, 1.807) is 36.4 Å². The maximum Gasteiger partial charge on any atom is 0.269 e. The molecule has 1 aliphatic heterocycles. The van der Waals surface area contributed by atoms with Gasteiger partial charge in [-0.05, 0) is 59.8 Å². The zero-order chi connectivity index (χ0) is 19.4. The summed E-state index contributed by atoms with van der Waals surface area (Å²) < 4.78 is 0.